The maximum atomic E-state index is 11.6. The Morgan fingerprint density at radius 3 is 0.711 bits per heavy atom. The summed E-state index contributed by atoms with van der Waals surface area (Å²) >= 11 is 0. The molecular weight excluding hydrogens is 1100 g/mol. The van der Waals surface area contributed by atoms with Gasteiger partial charge in [-0.05, 0) is 180 Å². The van der Waals surface area contributed by atoms with Crippen molar-refractivity contribution in [2.24, 2.45) is 0 Å². The molecule has 6 aromatic carbocycles. The van der Waals surface area contributed by atoms with Crippen LogP contribution in [0, 0.1) is 10.1 Å². The molecule has 90 heavy (non-hydrogen) atoms. The van der Waals surface area contributed by atoms with Crippen LogP contribution in [-0.2, 0) is 25.7 Å². The maximum Gasteiger partial charge on any atom is 0.269 e. The second-order valence-corrected chi connectivity index (χ2v) is 25.8. The Hall–Kier alpha value is -6.92. The molecule has 0 saturated carbocycles. The van der Waals surface area contributed by atoms with Crippen molar-refractivity contribution in [1.82, 2.24) is 0 Å². The molecule has 0 saturated heterocycles. The van der Waals surface area contributed by atoms with Gasteiger partial charge in [-0.1, -0.05) is 266 Å². The molecule has 0 heterocycles. The fourth-order valence-corrected chi connectivity index (χ4v) is 12.8. The van der Waals surface area contributed by atoms with Crippen molar-refractivity contribution in [1.29, 1.82) is 0 Å². The summed E-state index contributed by atoms with van der Waals surface area (Å²) in [6.45, 7) is 20.5. The van der Waals surface area contributed by atoms with Crippen LogP contribution < -0.4 is 14.7 Å². The Kier molecular flexibility index (Phi) is 31.9. The molecule has 0 unspecified atom stereocenters. The molecule has 4 aliphatic rings. The topological polar surface area (TPSA) is 52.9 Å². The number of anilines is 3. The van der Waals surface area contributed by atoms with E-state index in [1.54, 1.807) is 12.1 Å². The third-order valence-electron chi connectivity index (χ3n) is 18.5. The molecule has 6 heteroatoms. The Morgan fingerprint density at radius 1 is 0.300 bits per heavy atom. The minimum Gasteiger partial charge on any atom is -0.372 e. The molecule has 0 fully saturated rings. The molecule has 0 N–H and O–H groups in total. The van der Waals surface area contributed by atoms with E-state index >= 15 is 0 Å². The Morgan fingerprint density at radius 2 is 0.511 bits per heavy atom. The third-order valence-corrected chi connectivity index (χ3v) is 18.5. The molecule has 4 bridgehead atoms. The van der Waals surface area contributed by atoms with Crippen molar-refractivity contribution in [2.45, 2.75) is 221 Å². The first-order chi connectivity index (χ1) is 44.2. The van der Waals surface area contributed by atoms with Crippen molar-refractivity contribution < 1.29 is 4.92 Å². The first-order valence-electron chi connectivity index (χ1n) is 36.1. The fourth-order valence-electron chi connectivity index (χ4n) is 12.8. The zero-order valence-electron chi connectivity index (χ0n) is 56.8. The van der Waals surface area contributed by atoms with E-state index in [0.717, 1.165) is 70.5 Å². The highest BCUT2D eigenvalue weighted by Gasteiger charge is 2.17. The lowest BCUT2D eigenvalue weighted by Gasteiger charge is -2.25. The summed E-state index contributed by atoms with van der Waals surface area (Å²) in [6, 6.07) is 44.8. The summed E-state index contributed by atoms with van der Waals surface area (Å²) in [6.07, 6.45) is 52.5. The third kappa shape index (κ3) is 24.0. The number of hydrogen-bond acceptors (Lipinski definition) is 5. The quantitative estimate of drug-likeness (QED) is 0.0165. The minimum absolute atomic E-state index is 0.105. The van der Waals surface area contributed by atoms with Gasteiger partial charge in [0.05, 0.1) is 4.92 Å². The van der Waals surface area contributed by atoms with Crippen molar-refractivity contribution in [2.75, 3.05) is 54.0 Å². The molecule has 0 amide bonds. The normalized spacial score (nSPS) is 12.5. The average molecular weight is 1210 g/mol. The van der Waals surface area contributed by atoms with E-state index in [9.17, 15) is 10.1 Å². The lowest BCUT2D eigenvalue weighted by atomic mass is 9.86. The van der Waals surface area contributed by atoms with Crippen LogP contribution in [0.1, 0.15) is 262 Å². The summed E-state index contributed by atoms with van der Waals surface area (Å²) in [4.78, 5) is 19.2. The van der Waals surface area contributed by atoms with Gasteiger partial charge in [-0.25, -0.2) is 0 Å². The monoisotopic (exact) mass is 1210 g/mol. The number of nitro groups is 1. The second kappa shape index (κ2) is 40.7. The number of hydrogen-bond donors (Lipinski definition) is 0. The molecule has 482 valence electrons. The number of non-ortho nitro benzene ring substituents is 1. The van der Waals surface area contributed by atoms with E-state index in [2.05, 4.69) is 202 Å². The van der Waals surface area contributed by atoms with E-state index < -0.39 is 0 Å². The van der Waals surface area contributed by atoms with Gasteiger partial charge in [0.1, 0.15) is 0 Å². The molecular formula is C84H114N4O2. The van der Waals surface area contributed by atoms with Crippen molar-refractivity contribution in [3.63, 3.8) is 0 Å². The molecule has 4 aliphatic carbocycles. The predicted octanol–water partition coefficient (Wildman–Crippen LogP) is 24.1. The van der Waals surface area contributed by atoms with Gasteiger partial charge in [0, 0.05) is 68.5 Å². The molecule has 6 nitrogen and oxygen atoms in total. The Bertz CT molecular complexity index is 3080. The van der Waals surface area contributed by atoms with Crippen molar-refractivity contribution in [3.8, 4) is 0 Å². The highest BCUT2D eigenvalue weighted by atomic mass is 16.6. The number of benzene rings is 6. The smallest absolute Gasteiger partial charge is 0.269 e. The standard InChI is InChI=1S/C84H114N4O2/c1-7-13-19-25-59-85(60-26-20-14-8-2)81-51-35-69(36-52-81)31-43-73-66-78-49-50-80-67-75(45-33-71-39-55-83(56-40-71)87(63-29-23-17-11-5)64-30-24-18-12-6)79(68-76(80)46-34-72-41-57-84(58-42-72)88(89)90)48-47-77(73)65-74(78)44-32-70-37-53-82(54-38-70)86(61-27-21-15-9-3)62-28-22-16-10-4/h31-46,51-58,65-68H,7-30,47-50,59-64H2,1-6H3/b43-31+,44-32+,45-33+,46-34-. The average Bonchev–Trinajstić information content (AvgIpc) is 2.79. The van der Waals surface area contributed by atoms with Gasteiger partial charge in [0.25, 0.3) is 5.69 Å². The van der Waals surface area contributed by atoms with E-state index in [1.165, 1.54) is 232 Å². The Labute approximate surface area is 546 Å². The number of rotatable bonds is 42. The highest BCUT2D eigenvalue weighted by Crippen LogP contribution is 2.32. The van der Waals surface area contributed by atoms with Crippen LogP contribution in [0.4, 0.5) is 22.7 Å². The van der Waals surface area contributed by atoms with Gasteiger partial charge in [-0.3, -0.25) is 10.1 Å². The van der Waals surface area contributed by atoms with Crippen LogP contribution in [0.15, 0.2) is 121 Å². The van der Waals surface area contributed by atoms with Gasteiger partial charge in [-0.2, -0.15) is 0 Å². The summed E-state index contributed by atoms with van der Waals surface area (Å²) in [7, 11) is 0. The maximum absolute atomic E-state index is 11.6. The van der Waals surface area contributed by atoms with E-state index in [1.807, 2.05) is 12.1 Å². The zero-order chi connectivity index (χ0) is 63.4. The highest BCUT2D eigenvalue weighted by molar-refractivity contribution is 5.79. The van der Waals surface area contributed by atoms with Crippen molar-refractivity contribution in [3.05, 3.63) is 198 Å². The number of aryl methyl sites for hydroxylation is 4. The number of nitro benzene ring substituents is 1. The molecule has 0 spiro atoms. The largest absolute Gasteiger partial charge is 0.372 e. The van der Waals surface area contributed by atoms with E-state index in [-0.39, 0.29) is 10.6 Å². The van der Waals surface area contributed by atoms with E-state index in [4.69, 9.17) is 0 Å². The van der Waals surface area contributed by atoms with Crippen LogP contribution in [0.5, 0.6) is 0 Å². The van der Waals surface area contributed by atoms with Gasteiger partial charge in [-0.15, -0.1) is 0 Å². The lowest BCUT2D eigenvalue weighted by molar-refractivity contribution is -0.384. The molecule has 6 aromatic rings. The lowest BCUT2D eigenvalue weighted by Crippen LogP contribution is -2.25. The van der Waals surface area contributed by atoms with Crippen molar-refractivity contribution >= 4 is 71.4 Å². The summed E-state index contributed by atoms with van der Waals surface area (Å²) in [5.41, 5.74) is 19.0. The van der Waals surface area contributed by atoms with Gasteiger partial charge < -0.3 is 14.7 Å². The second-order valence-electron chi connectivity index (χ2n) is 25.8. The van der Waals surface area contributed by atoms with Crippen LogP contribution in [0.25, 0.3) is 48.6 Å². The molecule has 0 aromatic heterocycles. The Balaban J connectivity index is 1.24. The van der Waals surface area contributed by atoms with E-state index in [0.29, 0.717) is 0 Å². The van der Waals surface area contributed by atoms with Crippen LogP contribution in [0.2, 0.25) is 0 Å². The SMILES string of the molecule is CCCCCCN(CCCCCC)c1ccc(/C=C/c2cc3c(/C=C/c4ccc(N(CCCCCC)CCCCCC)cc4)cc2CCc2cc(/C=C/c4ccc(N(CCCCCC)CCCCCC)cc4)c(cc2/C=C\c2ccc([N+](=O)[O-])cc2)CC3)cc1. The van der Waals surface area contributed by atoms with Gasteiger partial charge >= 0.3 is 0 Å². The van der Waals surface area contributed by atoms with Crippen LogP contribution >= 0.6 is 0 Å². The summed E-state index contributed by atoms with van der Waals surface area (Å²) in [5.74, 6) is 0. The first kappa shape index (κ1) is 70.5. The number of nitrogens with zero attached hydrogens (tertiary/aromatic N) is 4. The van der Waals surface area contributed by atoms with Crippen LogP contribution in [-0.4, -0.2) is 44.2 Å². The van der Waals surface area contributed by atoms with Crippen LogP contribution in [0.3, 0.4) is 0 Å². The summed E-state index contributed by atoms with van der Waals surface area (Å²) < 4.78 is 0. The first-order valence-corrected chi connectivity index (χ1v) is 36.1. The minimum atomic E-state index is -0.326. The molecule has 0 radical (unpaired) electrons. The zero-order valence-corrected chi connectivity index (χ0v) is 56.8. The van der Waals surface area contributed by atoms with Gasteiger partial charge in [0.15, 0.2) is 0 Å². The molecule has 0 atom stereocenters. The van der Waals surface area contributed by atoms with Gasteiger partial charge in [0.2, 0.25) is 0 Å². The fraction of sp³-hybridized carbons (Fsp3) is 0.476. The summed E-state index contributed by atoms with van der Waals surface area (Å²) in [5, 5.41) is 11.6. The predicted molar refractivity (Wildman–Crippen MR) is 397 cm³/mol. The molecule has 10 rings (SSSR count). The molecule has 0 aliphatic heterocycles. The number of unbranched alkanes of at least 4 members (excludes halogenated alkanes) is 18.